The highest BCUT2D eigenvalue weighted by molar-refractivity contribution is 5.78. The first-order chi connectivity index (χ1) is 8.05. The number of amides is 1. The predicted octanol–water partition coefficient (Wildman–Crippen LogP) is 0.198. The van der Waals surface area contributed by atoms with Gasteiger partial charge in [-0.15, -0.1) is 0 Å². The highest BCUT2D eigenvalue weighted by Gasteiger charge is 2.14. The molecule has 1 heterocycles. The van der Waals surface area contributed by atoms with Gasteiger partial charge in [0.25, 0.3) is 0 Å². The van der Waals surface area contributed by atoms with Gasteiger partial charge in [-0.05, 0) is 12.9 Å². The lowest BCUT2D eigenvalue weighted by atomic mass is 10.2. The van der Waals surface area contributed by atoms with E-state index in [1.165, 1.54) is 0 Å². The van der Waals surface area contributed by atoms with Gasteiger partial charge in [-0.2, -0.15) is 0 Å². The number of rotatable bonds is 6. The zero-order valence-corrected chi connectivity index (χ0v) is 9.51. The first kappa shape index (κ1) is 9.60. The molecular formula is C11H23N3O. The molecule has 4 heteroatoms. The van der Waals surface area contributed by atoms with E-state index in [-0.39, 0.29) is 12.5 Å². The van der Waals surface area contributed by atoms with Crippen LogP contribution in [0.25, 0.3) is 0 Å². The SMILES string of the molecule is [2H]C([2H])(CCCC)NCC(=O)N1CCNCC1. The Morgan fingerprint density at radius 1 is 1.47 bits per heavy atom. The van der Waals surface area contributed by atoms with E-state index in [9.17, 15) is 4.79 Å². The summed E-state index contributed by atoms with van der Waals surface area (Å²) >= 11 is 0. The van der Waals surface area contributed by atoms with Gasteiger partial charge in [-0.3, -0.25) is 4.79 Å². The van der Waals surface area contributed by atoms with Gasteiger partial charge in [-0.1, -0.05) is 19.8 Å². The minimum Gasteiger partial charge on any atom is -0.339 e. The van der Waals surface area contributed by atoms with Crippen molar-refractivity contribution in [2.45, 2.75) is 26.2 Å². The number of piperazine rings is 1. The van der Waals surface area contributed by atoms with Crippen molar-refractivity contribution < 1.29 is 7.54 Å². The van der Waals surface area contributed by atoms with Crippen LogP contribution in [0.15, 0.2) is 0 Å². The largest absolute Gasteiger partial charge is 0.339 e. The molecule has 0 aliphatic carbocycles. The van der Waals surface area contributed by atoms with Crippen LogP contribution in [0.1, 0.15) is 28.9 Å². The summed E-state index contributed by atoms with van der Waals surface area (Å²) in [7, 11) is 0. The Kier molecular flexibility index (Phi) is 4.90. The molecule has 1 saturated heterocycles. The fraction of sp³-hybridized carbons (Fsp3) is 0.909. The molecule has 0 aromatic rings. The van der Waals surface area contributed by atoms with Crippen LogP contribution in [0.3, 0.4) is 0 Å². The van der Waals surface area contributed by atoms with E-state index < -0.39 is 6.50 Å². The Bertz CT molecular complexity index is 243. The van der Waals surface area contributed by atoms with Crippen LogP contribution in [0.2, 0.25) is 0 Å². The van der Waals surface area contributed by atoms with E-state index in [2.05, 4.69) is 10.6 Å². The van der Waals surface area contributed by atoms with Gasteiger partial charge >= 0.3 is 0 Å². The number of carbonyl (C=O) groups excluding carboxylic acids is 1. The van der Waals surface area contributed by atoms with Crippen LogP contribution in [0.5, 0.6) is 0 Å². The number of carbonyl (C=O) groups is 1. The van der Waals surface area contributed by atoms with E-state index >= 15 is 0 Å². The maximum absolute atomic E-state index is 11.8. The lowest BCUT2D eigenvalue weighted by Gasteiger charge is -2.27. The summed E-state index contributed by atoms with van der Waals surface area (Å²) in [4.78, 5) is 13.6. The van der Waals surface area contributed by atoms with Gasteiger partial charge in [0.05, 0.1) is 6.54 Å². The maximum atomic E-state index is 11.8. The summed E-state index contributed by atoms with van der Waals surface area (Å²) in [5.74, 6) is -0.00752. The van der Waals surface area contributed by atoms with Gasteiger partial charge in [0.2, 0.25) is 5.91 Å². The van der Waals surface area contributed by atoms with E-state index in [0.717, 1.165) is 39.0 Å². The van der Waals surface area contributed by atoms with Crippen molar-refractivity contribution in [1.82, 2.24) is 15.5 Å². The monoisotopic (exact) mass is 215 g/mol. The fourth-order valence-corrected chi connectivity index (χ4v) is 1.52. The lowest BCUT2D eigenvalue weighted by Crippen LogP contribution is -2.49. The molecule has 0 spiro atoms. The first-order valence-corrected chi connectivity index (χ1v) is 5.79. The Morgan fingerprint density at radius 2 is 2.20 bits per heavy atom. The average Bonchev–Trinajstić information content (AvgIpc) is 2.35. The van der Waals surface area contributed by atoms with Crippen LogP contribution >= 0.6 is 0 Å². The van der Waals surface area contributed by atoms with E-state index in [1.54, 1.807) is 4.90 Å². The minimum atomic E-state index is -1.43. The van der Waals surface area contributed by atoms with Crippen LogP contribution < -0.4 is 10.6 Å². The van der Waals surface area contributed by atoms with Crippen LogP contribution in [-0.2, 0) is 4.79 Å². The zero-order chi connectivity index (χ0) is 12.7. The summed E-state index contributed by atoms with van der Waals surface area (Å²) < 4.78 is 15.4. The molecule has 0 radical (unpaired) electrons. The third-order valence-corrected chi connectivity index (χ3v) is 2.49. The second kappa shape index (κ2) is 7.65. The molecule has 1 rings (SSSR count). The predicted molar refractivity (Wildman–Crippen MR) is 61.8 cm³/mol. The molecule has 1 aliphatic heterocycles. The maximum Gasteiger partial charge on any atom is 0.236 e. The molecular weight excluding hydrogens is 190 g/mol. The summed E-state index contributed by atoms with van der Waals surface area (Å²) in [5, 5.41) is 5.89. The quantitative estimate of drug-likeness (QED) is 0.665. The number of nitrogens with zero attached hydrogens (tertiary/aromatic N) is 1. The molecule has 2 N–H and O–H groups in total. The molecule has 1 aliphatic rings. The van der Waals surface area contributed by atoms with Crippen molar-refractivity contribution >= 4 is 5.91 Å². The number of unbranched alkanes of at least 4 members (excludes halogenated alkanes) is 1. The Morgan fingerprint density at radius 3 is 2.87 bits per heavy atom. The van der Waals surface area contributed by atoms with Gasteiger partial charge in [0.1, 0.15) is 0 Å². The van der Waals surface area contributed by atoms with E-state index in [0.29, 0.717) is 6.42 Å². The fourth-order valence-electron chi connectivity index (χ4n) is 1.52. The molecule has 0 saturated carbocycles. The second-order valence-corrected chi connectivity index (χ2v) is 3.76. The van der Waals surface area contributed by atoms with Crippen molar-refractivity contribution in [3.63, 3.8) is 0 Å². The topological polar surface area (TPSA) is 44.4 Å². The van der Waals surface area contributed by atoms with E-state index in [1.807, 2.05) is 6.92 Å². The molecule has 1 amide bonds. The molecule has 0 bridgehead atoms. The standard InChI is InChI=1S/C11H23N3O/c1-2-3-4-5-13-10-11(15)14-8-6-12-7-9-14/h12-13H,2-10H2,1H3/i5D2. The van der Waals surface area contributed by atoms with Crippen LogP contribution in [0, 0.1) is 0 Å². The van der Waals surface area contributed by atoms with Crippen molar-refractivity contribution in [3.05, 3.63) is 0 Å². The molecule has 15 heavy (non-hydrogen) atoms. The zero-order valence-electron chi connectivity index (χ0n) is 11.5. The summed E-state index contributed by atoms with van der Waals surface area (Å²) in [6.07, 6.45) is 2.26. The Hall–Kier alpha value is -0.610. The highest BCUT2D eigenvalue weighted by atomic mass is 16.2. The van der Waals surface area contributed by atoms with E-state index in [4.69, 9.17) is 2.74 Å². The molecule has 0 aromatic carbocycles. The van der Waals surface area contributed by atoms with Crippen molar-refractivity contribution in [1.29, 1.82) is 0 Å². The lowest BCUT2D eigenvalue weighted by molar-refractivity contribution is -0.130. The second-order valence-electron chi connectivity index (χ2n) is 3.76. The Balaban J connectivity index is 2.26. The molecule has 0 aromatic heterocycles. The third-order valence-electron chi connectivity index (χ3n) is 2.49. The first-order valence-electron chi connectivity index (χ1n) is 6.79. The van der Waals surface area contributed by atoms with Crippen LogP contribution in [0.4, 0.5) is 0 Å². The smallest absolute Gasteiger partial charge is 0.236 e. The van der Waals surface area contributed by atoms with Gasteiger partial charge in [-0.25, -0.2) is 0 Å². The summed E-state index contributed by atoms with van der Waals surface area (Å²) in [5.41, 5.74) is 0. The number of hydrogen-bond donors (Lipinski definition) is 2. The van der Waals surface area contributed by atoms with Gasteiger partial charge in [0, 0.05) is 28.9 Å². The molecule has 1 fully saturated rings. The normalized spacial score (nSPS) is 19.7. The van der Waals surface area contributed by atoms with Gasteiger partial charge < -0.3 is 15.5 Å². The minimum absolute atomic E-state index is 0.00752. The number of hydrogen-bond acceptors (Lipinski definition) is 3. The highest BCUT2D eigenvalue weighted by Crippen LogP contribution is 1.93. The Labute approximate surface area is 95.2 Å². The molecule has 88 valence electrons. The number of nitrogens with one attached hydrogen (secondary N) is 2. The van der Waals surface area contributed by atoms with Crippen molar-refractivity contribution in [2.75, 3.05) is 39.2 Å². The average molecular weight is 215 g/mol. The third kappa shape index (κ3) is 5.14. The molecule has 0 unspecified atom stereocenters. The summed E-state index contributed by atoms with van der Waals surface area (Å²) in [6, 6.07) is 0. The summed E-state index contributed by atoms with van der Waals surface area (Å²) in [6.45, 7) is 3.79. The van der Waals surface area contributed by atoms with Crippen LogP contribution in [-0.4, -0.2) is 50.0 Å². The molecule has 4 nitrogen and oxygen atoms in total. The molecule has 0 atom stereocenters. The van der Waals surface area contributed by atoms with Crippen molar-refractivity contribution in [2.24, 2.45) is 0 Å². The van der Waals surface area contributed by atoms with Crippen molar-refractivity contribution in [3.8, 4) is 0 Å². The van der Waals surface area contributed by atoms with Gasteiger partial charge in [0.15, 0.2) is 0 Å².